The monoisotopic (exact) mass is 302 g/mol. The zero-order valence-corrected chi connectivity index (χ0v) is 10.5. The number of hydrogen-bond acceptors (Lipinski definition) is 2. The zero-order chi connectivity index (χ0) is 15.7. The van der Waals surface area contributed by atoms with Gasteiger partial charge in [0.25, 0.3) is 0 Å². The van der Waals surface area contributed by atoms with Crippen molar-refractivity contribution >= 4 is 5.78 Å². The summed E-state index contributed by atoms with van der Waals surface area (Å²) < 4.78 is 71.4. The van der Waals surface area contributed by atoms with Gasteiger partial charge in [-0.1, -0.05) is 0 Å². The van der Waals surface area contributed by atoms with Crippen molar-refractivity contribution in [3.8, 4) is 5.75 Å². The van der Waals surface area contributed by atoms with E-state index in [0.29, 0.717) is 24.3 Å². The Morgan fingerprint density at radius 2 is 1.48 bits per heavy atom. The summed E-state index contributed by atoms with van der Waals surface area (Å²) in [4.78, 5) is 11.9. The van der Waals surface area contributed by atoms with Crippen molar-refractivity contribution in [2.75, 3.05) is 7.11 Å². The molecule has 7 heteroatoms. The minimum atomic E-state index is -1.89. The Labute approximate surface area is 115 Å². The molecule has 0 bridgehead atoms. The van der Waals surface area contributed by atoms with Crippen molar-refractivity contribution in [2.24, 2.45) is 0 Å². The lowest BCUT2D eigenvalue weighted by molar-refractivity contribution is 0.102. The van der Waals surface area contributed by atoms with Crippen LogP contribution < -0.4 is 4.74 Å². The van der Waals surface area contributed by atoms with Crippen LogP contribution in [0.2, 0.25) is 0 Å². The highest BCUT2D eigenvalue weighted by molar-refractivity contribution is 6.09. The van der Waals surface area contributed by atoms with Crippen LogP contribution in [0.25, 0.3) is 0 Å². The SMILES string of the molecule is COc1cc(F)c(C(=O)c2ccc(F)c(F)c2F)c(F)c1. The van der Waals surface area contributed by atoms with Gasteiger partial charge < -0.3 is 4.74 Å². The molecule has 0 radical (unpaired) electrons. The molecule has 0 saturated heterocycles. The van der Waals surface area contributed by atoms with Crippen molar-refractivity contribution in [3.63, 3.8) is 0 Å². The maximum Gasteiger partial charge on any atom is 0.202 e. The van der Waals surface area contributed by atoms with Gasteiger partial charge >= 0.3 is 0 Å². The Kier molecular flexibility index (Phi) is 3.93. The first-order chi connectivity index (χ1) is 9.86. The first kappa shape index (κ1) is 15.0. The number of rotatable bonds is 3. The number of ketones is 1. The third-order valence-corrected chi connectivity index (χ3v) is 2.76. The molecule has 0 aromatic heterocycles. The predicted octanol–water partition coefficient (Wildman–Crippen LogP) is 3.62. The molecule has 0 N–H and O–H groups in total. The Morgan fingerprint density at radius 3 is 2.00 bits per heavy atom. The summed E-state index contributed by atoms with van der Waals surface area (Å²) >= 11 is 0. The predicted molar refractivity (Wildman–Crippen MR) is 62.7 cm³/mol. The maximum absolute atomic E-state index is 13.7. The summed E-state index contributed by atoms with van der Waals surface area (Å²) in [5.74, 6) is -9.46. The van der Waals surface area contributed by atoms with Gasteiger partial charge in [-0.25, -0.2) is 22.0 Å². The van der Waals surface area contributed by atoms with E-state index in [4.69, 9.17) is 0 Å². The first-order valence-electron chi connectivity index (χ1n) is 5.58. The van der Waals surface area contributed by atoms with E-state index in [-0.39, 0.29) is 5.75 Å². The van der Waals surface area contributed by atoms with Gasteiger partial charge in [0.05, 0.1) is 18.2 Å². The summed E-state index contributed by atoms with van der Waals surface area (Å²) in [6.45, 7) is 0. The van der Waals surface area contributed by atoms with Gasteiger partial charge in [0.2, 0.25) is 5.78 Å². The molecule has 0 fully saturated rings. The normalized spacial score (nSPS) is 10.6. The highest BCUT2D eigenvalue weighted by atomic mass is 19.2. The molecule has 2 aromatic carbocycles. The van der Waals surface area contributed by atoms with Crippen LogP contribution in [0.15, 0.2) is 24.3 Å². The molecule has 0 unspecified atom stereocenters. The molecular weight excluding hydrogens is 295 g/mol. The van der Waals surface area contributed by atoms with Crippen LogP contribution in [0, 0.1) is 29.1 Å². The summed E-state index contributed by atoms with van der Waals surface area (Å²) in [6.07, 6.45) is 0. The van der Waals surface area contributed by atoms with Crippen LogP contribution in [-0.2, 0) is 0 Å². The fraction of sp³-hybridized carbons (Fsp3) is 0.0714. The van der Waals surface area contributed by atoms with Crippen molar-refractivity contribution in [1.29, 1.82) is 0 Å². The highest BCUT2D eigenvalue weighted by Crippen LogP contribution is 2.25. The number of benzene rings is 2. The molecule has 0 spiro atoms. The summed E-state index contributed by atoms with van der Waals surface area (Å²) in [5.41, 5.74) is -2.06. The number of halogens is 5. The molecule has 0 heterocycles. The number of hydrogen-bond donors (Lipinski definition) is 0. The van der Waals surface area contributed by atoms with Gasteiger partial charge in [-0.15, -0.1) is 0 Å². The van der Waals surface area contributed by atoms with Crippen LogP contribution in [0.1, 0.15) is 15.9 Å². The zero-order valence-electron chi connectivity index (χ0n) is 10.5. The molecule has 2 rings (SSSR count). The minimum Gasteiger partial charge on any atom is -0.497 e. The second-order valence-corrected chi connectivity index (χ2v) is 4.02. The van der Waals surface area contributed by atoms with E-state index in [2.05, 4.69) is 4.74 Å². The lowest BCUT2D eigenvalue weighted by Crippen LogP contribution is -2.11. The van der Waals surface area contributed by atoms with Crippen molar-refractivity contribution in [2.45, 2.75) is 0 Å². The van der Waals surface area contributed by atoms with Crippen molar-refractivity contribution in [1.82, 2.24) is 0 Å². The minimum absolute atomic E-state index is 0.188. The molecule has 0 atom stereocenters. The van der Waals surface area contributed by atoms with Crippen LogP contribution in [-0.4, -0.2) is 12.9 Å². The number of carbonyl (C=O) groups is 1. The van der Waals surface area contributed by atoms with E-state index >= 15 is 0 Å². The van der Waals surface area contributed by atoms with Gasteiger partial charge in [0.15, 0.2) is 17.5 Å². The molecule has 110 valence electrons. The summed E-state index contributed by atoms with van der Waals surface area (Å²) in [6, 6.07) is 2.53. The second-order valence-electron chi connectivity index (χ2n) is 4.02. The molecule has 21 heavy (non-hydrogen) atoms. The van der Waals surface area contributed by atoms with E-state index in [9.17, 15) is 26.7 Å². The van der Waals surface area contributed by atoms with Crippen molar-refractivity contribution < 1.29 is 31.5 Å². The first-order valence-corrected chi connectivity index (χ1v) is 5.58. The number of carbonyl (C=O) groups excluding carboxylic acids is 1. The van der Waals surface area contributed by atoms with E-state index < -0.39 is 46.0 Å². The van der Waals surface area contributed by atoms with Crippen LogP contribution in [0.4, 0.5) is 22.0 Å². The van der Waals surface area contributed by atoms with Crippen LogP contribution in [0.3, 0.4) is 0 Å². The topological polar surface area (TPSA) is 26.3 Å². The second kappa shape index (κ2) is 5.51. The largest absolute Gasteiger partial charge is 0.497 e. The Bertz CT molecular complexity index is 705. The van der Waals surface area contributed by atoms with E-state index in [1.807, 2.05) is 0 Å². The van der Waals surface area contributed by atoms with E-state index in [1.54, 1.807) is 0 Å². The molecule has 2 nitrogen and oxygen atoms in total. The molecule has 0 aliphatic rings. The standard InChI is InChI=1S/C14H7F5O2/c1-21-6-4-9(16)11(10(17)5-6)14(20)7-2-3-8(15)13(19)12(7)18/h2-5H,1H3. The smallest absolute Gasteiger partial charge is 0.202 e. The lowest BCUT2D eigenvalue weighted by atomic mass is 10.0. The molecule has 2 aromatic rings. The average Bonchev–Trinajstić information content (AvgIpc) is 2.43. The van der Waals surface area contributed by atoms with E-state index in [0.717, 1.165) is 7.11 Å². The third-order valence-electron chi connectivity index (χ3n) is 2.76. The number of methoxy groups -OCH3 is 1. The average molecular weight is 302 g/mol. The van der Waals surface area contributed by atoms with Gasteiger partial charge in [-0.3, -0.25) is 4.79 Å². The Balaban J connectivity index is 2.58. The molecule has 0 aliphatic carbocycles. The van der Waals surface area contributed by atoms with Gasteiger partial charge in [0, 0.05) is 12.1 Å². The maximum atomic E-state index is 13.7. The van der Waals surface area contributed by atoms with Gasteiger partial charge in [-0.05, 0) is 12.1 Å². The molecular formula is C14H7F5O2. The van der Waals surface area contributed by atoms with Gasteiger partial charge in [-0.2, -0.15) is 0 Å². The van der Waals surface area contributed by atoms with E-state index in [1.165, 1.54) is 0 Å². The number of ether oxygens (including phenoxy) is 1. The highest BCUT2D eigenvalue weighted by Gasteiger charge is 2.25. The fourth-order valence-electron chi connectivity index (χ4n) is 1.72. The lowest BCUT2D eigenvalue weighted by Gasteiger charge is -2.08. The molecule has 0 aliphatic heterocycles. The Morgan fingerprint density at radius 1 is 0.905 bits per heavy atom. The quantitative estimate of drug-likeness (QED) is 0.492. The molecule has 0 saturated carbocycles. The summed E-state index contributed by atoms with van der Waals surface area (Å²) in [7, 11) is 1.16. The fourth-order valence-corrected chi connectivity index (χ4v) is 1.72. The van der Waals surface area contributed by atoms with Crippen molar-refractivity contribution in [3.05, 3.63) is 64.5 Å². The summed E-state index contributed by atoms with van der Waals surface area (Å²) in [5, 5.41) is 0. The molecule has 0 amide bonds. The Hall–Kier alpha value is -2.44. The van der Waals surface area contributed by atoms with Gasteiger partial charge in [0.1, 0.15) is 17.4 Å². The van der Waals surface area contributed by atoms with Crippen LogP contribution >= 0.6 is 0 Å². The van der Waals surface area contributed by atoms with Crippen LogP contribution in [0.5, 0.6) is 5.75 Å². The third kappa shape index (κ3) is 2.58.